The highest BCUT2D eigenvalue weighted by molar-refractivity contribution is 5.76. The van der Waals surface area contributed by atoms with Gasteiger partial charge in [0.25, 0.3) is 0 Å². The number of nitrogens with one attached hydrogen (secondary N) is 2. The number of amides is 2. The molecule has 2 amide bonds. The van der Waals surface area contributed by atoms with E-state index in [1.165, 1.54) is 128 Å². The summed E-state index contributed by atoms with van der Waals surface area (Å²) in [6.07, 6.45) is 29.4. The Morgan fingerprint density at radius 1 is 0.413 bits per heavy atom. The normalized spacial score (nSPS) is 11.5. The molecular weight excluding hydrogens is 576 g/mol. The Bertz CT molecular complexity index is 598. The van der Waals surface area contributed by atoms with Gasteiger partial charge in [0, 0.05) is 65.2 Å². The van der Waals surface area contributed by atoms with Crippen molar-refractivity contribution in [2.75, 3.05) is 65.6 Å². The van der Waals surface area contributed by atoms with Crippen molar-refractivity contribution in [3.05, 3.63) is 0 Å². The third-order valence-electron chi connectivity index (χ3n) is 9.08. The molecule has 4 N–H and O–H groups in total. The van der Waals surface area contributed by atoms with Crippen LogP contribution in [-0.4, -0.2) is 97.4 Å². The molecule has 0 aromatic carbocycles. The average molecular weight is 655 g/mol. The number of hydrogen-bond acceptors (Lipinski definition) is 6. The average Bonchev–Trinajstić information content (AvgIpc) is 3.05. The molecule has 0 fully saturated rings. The highest BCUT2D eigenvalue weighted by Gasteiger charge is 2.12. The second kappa shape index (κ2) is 36.6. The van der Waals surface area contributed by atoms with Gasteiger partial charge in [-0.3, -0.25) is 19.4 Å². The largest absolute Gasteiger partial charge is 0.395 e. The molecule has 274 valence electrons. The van der Waals surface area contributed by atoms with Gasteiger partial charge >= 0.3 is 0 Å². The lowest BCUT2D eigenvalue weighted by atomic mass is 10.1. The zero-order valence-electron chi connectivity index (χ0n) is 30.6. The molecule has 0 spiro atoms. The Morgan fingerprint density at radius 3 is 0.978 bits per heavy atom. The number of aliphatic hydroxyl groups excluding tert-OH is 2. The first-order valence-corrected chi connectivity index (χ1v) is 19.8. The van der Waals surface area contributed by atoms with Crippen LogP contribution in [0.5, 0.6) is 0 Å². The van der Waals surface area contributed by atoms with E-state index < -0.39 is 0 Å². The van der Waals surface area contributed by atoms with E-state index >= 15 is 0 Å². The Kier molecular flexibility index (Phi) is 35.6. The first kappa shape index (κ1) is 44.8. The van der Waals surface area contributed by atoms with Gasteiger partial charge in [-0.1, -0.05) is 142 Å². The van der Waals surface area contributed by atoms with Gasteiger partial charge in [-0.25, -0.2) is 0 Å². The van der Waals surface area contributed by atoms with Crippen LogP contribution in [0, 0.1) is 0 Å². The zero-order valence-corrected chi connectivity index (χ0v) is 30.6. The molecule has 0 aromatic heterocycles. The van der Waals surface area contributed by atoms with Crippen molar-refractivity contribution in [3.8, 4) is 0 Å². The lowest BCUT2D eigenvalue weighted by molar-refractivity contribution is -0.122. The van der Waals surface area contributed by atoms with Crippen LogP contribution in [-0.2, 0) is 9.59 Å². The minimum absolute atomic E-state index is 0.0435. The highest BCUT2D eigenvalue weighted by atomic mass is 16.3. The van der Waals surface area contributed by atoms with E-state index in [9.17, 15) is 19.8 Å². The molecule has 8 nitrogen and oxygen atoms in total. The predicted octanol–water partition coefficient (Wildman–Crippen LogP) is 7.21. The first-order valence-electron chi connectivity index (χ1n) is 19.8. The summed E-state index contributed by atoms with van der Waals surface area (Å²) in [5.41, 5.74) is 0. The van der Waals surface area contributed by atoms with Crippen molar-refractivity contribution in [1.29, 1.82) is 0 Å². The van der Waals surface area contributed by atoms with Crippen molar-refractivity contribution < 1.29 is 19.8 Å². The maximum atomic E-state index is 12.4. The minimum Gasteiger partial charge on any atom is -0.395 e. The molecule has 0 aliphatic rings. The van der Waals surface area contributed by atoms with E-state index in [-0.39, 0.29) is 25.0 Å². The Morgan fingerprint density at radius 2 is 0.696 bits per heavy atom. The number of unbranched alkanes of at least 4 members (excludes halogenated alkanes) is 20. The van der Waals surface area contributed by atoms with Gasteiger partial charge in [0.2, 0.25) is 11.8 Å². The predicted molar refractivity (Wildman–Crippen MR) is 195 cm³/mol. The summed E-state index contributed by atoms with van der Waals surface area (Å²) < 4.78 is 0. The van der Waals surface area contributed by atoms with Crippen LogP contribution < -0.4 is 10.6 Å². The Balaban J connectivity index is 3.94. The van der Waals surface area contributed by atoms with Crippen LogP contribution in [0.1, 0.15) is 168 Å². The van der Waals surface area contributed by atoms with Gasteiger partial charge in [0.15, 0.2) is 0 Å². The summed E-state index contributed by atoms with van der Waals surface area (Å²) in [5.74, 6) is 0.133. The van der Waals surface area contributed by atoms with E-state index in [4.69, 9.17) is 0 Å². The van der Waals surface area contributed by atoms with Crippen molar-refractivity contribution in [2.24, 2.45) is 0 Å². The van der Waals surface area contributed by atoms with E-state index in [0.29, 0.717) is 52.1 Å². The molecule has 8 heteroatoms. The van der Waals surface area contributed by atoms with Crippen molar-refractivity contribution in [3.63, 3.8) is 0 Å². The van der Waals surface area contributed by atoms with Gasteiger partial charge in [0.1, 0.15) is 0 Å². The van der Waals surface area contributed by atoms with Gasteiger partial charge in [0.05, 0.1) is 13.2 Å². The number of aliphatic hydroxyl groups is 2. The SMILES string of the molecule is CCCCCCCCCCCCCNC(=O)CCN(CCO)CCN(CCO)CCC(=O)NCCCCCCCCCCCCC. The molecule has 0 radical (unpaired) electrons. The summed E-state index contributed by atoms with van der Waals surface area (Å²) in [5, 5.41) is 25.2. The maximum absolute atomic E-state index is 12.4. The van der Waals surface area contributed by atoms with Gasteiger partial charge in [-0.2, -0.15) is 0 Å². The molecule has 0 bridgehead atoms. The molecule has 0 saturated carbocycles. The van der Waals surface area contributed by atoms with E-state index in [1.807, 2.05) is 0 Å². The fraction of sp³-hybridized carbons (Fsp3) is 0.947. The van der Waals surface area contributed by atoms with E-state index in [1.54, 1.807) is 0 Å². The second-order valence-corrected chi connectivity index (χ2v) is 13.4. The van der Waals surface area contributed by atoms with E-state index in [0.717, 1.165) is 25.9 Å². The van der Waals surface area contributed by atoms with E-state index in [2.05, 4.69) is 34.3 Å². The third kappa shape index (κ3) is 32.7. The number of carbonyl (C=O) groups excluding carboxylic acids is 2. The molecule has 0 rings (SSSR count). The van der Waals surface area contributed by atoms with Gasteiger partial charge < -0.3 is 20.8 Å². The molecule has 0 aliphatic carbocycles. The van der Waals surface area contributed by atoms with Crippen LogP contribution >= 0.6 is 0 Å². The number of hydrogen-bond donors (Lipinski definition) is 4. The highest BCUT2D eigenvalue weighted by Crippen LogP contribution is 2.12. The van der Waals surface area contributed by atoms with Gasteiger partial charge in [-0.15, -0.1) is 0 Å². The van der Waals surface area contributed by atoms with Crippen LogP contribution in [0.4, 0.5) is 0 Å². The van der Waals surface area contributed by atoms with Crippen molar-refractivity contribution in [1.82, 2.24) is 20.4 Å². The molecular formula is C38H78N4O4. The molecule has 0 aromatic rings. The zero-order chi connectivity index (χ0) is 33.8. The molecule has 0 saturated heterocycles. The lowest BCUT2D eigenvalue weighted by Gasteiger charge is -2.26. The van der Waals surface area contributed by atoms with Crippen molar-refractivity contribution in [2.45, 2.75) is 168 Å². The quantitative estimate of drug-likeness (QED) is 0.0528. The lowest BCUT2D eigenvalue weighted by Crippen LogP contribution is -2.40. The smallest absolute Gasteiger partial charge is 0.221 e. The monoisotopic (exact) mass is 655 g/mol. The molecule has 0 atom stereocenters. The molecule has 0 unspecified atom stereocenters. The van der Waals surface area contributed by atoms with Crippen LogP contribution in [0.25, 0.3) is 0 Å². The van der Waals surface area contributed by atoms with Crippen LogP contribution in [0.2, 0.25) is 0 Å². The van der Waals surface area contributed by atoms with Crippen LogP contribution in [0.15, 0.2) is 0 Å². The second-order valence-electron chi connectivity index (χ2n) is 13.4. The third-order valence-corrected chi connectivity index (χ3v) is 9.08. The number of carbonyl (C=O) groups is 2. The number of rotatable bonds is 37. The fourth-order valence-electron chi connectivity index (χ4n) is 5.97. The number of nitrogens with zero attached hydrogens (tertiary/aromatic N) is 2. The summed E-state index contributed by atoms with van der Waals surface area (Å²) >= 11 is 0. The summed E-state index contributed by atoms with van der Waals surface area (Å²) in [4.78, 5) is 29.0. The summed E-state index contributed by atoms with van der Waals surface area (Å²) in [7, 11) is 0. The molecule has 0 aliphatic heterocycles. The minimum atomic E-state index is 0.0435. The topological polar surface area (TPSA) is 105 Å². The van der Waals surface area contributed by atoms with Crippen molar-refractivity contribution >= 4 is 11.8 Å². The molecule has 46 heavy (non-hydrogen) atoms. The summed E-state index contributed by atoms with van der Waals surface area (Å²) in [6.45, 7) is 9.67. The Labute approximate surface area is 285 Å². The Hall–Kier alpha value is -1.22. The molecule has 0 heterocycles. The van der Waals surface area contributed by atoms with Crippen LogP contribution in [0.3, 0.4) is 0 Å². The maximum Gasteiger partial charge on any atom is 0.221 e. The standard InChI is InChI=1S/C38H78N4O4/c1-3-5-7-9-11-13-15-17-19-21-23-27-39-37(45)25-29-41(33-35-43)31-32-42(34-36-44)30-26-38(46)40-28-24-22-20-18-16-14-12-10-8-6-4-2/h43-44H,3-36H2,1-2H3,(H,39,45)(H,40,46). The van der Waals surface area contributed by atoms with Gasteiger partial charge in [-0.05, 0) is 12.8 Å². The first-order chi connectivity index (χ1) is 22.6. The summed E-state index contributed by atoms with van der Waals surface area (Å²) in [6, 6.07) is 0. The fourth-order valence-corrected chi connectivity index (χ4v) is 5.97.